The lowest BCUT2D eigenvalue weighted by Gasteiger charge is -2.19. The fourth-order valence-corrected chi connectivity index (χ4v) is 1.80. The van der Waals surface area contributed by atoms with Crippen molar-refractivity contribution < 1.29 is 19.5 Å². The van der Waals surface area contributed by atoms with Crippen LogP contribution < -0.4 is 5.73 Å². The summed E-state index contributed by atoms with van der Waals surface area (Å²) in [6.07, 6.45) is -0.149. The van der Waals surface area contributed by atoms with Gasteiger partial charge in [0.2, 0.25) is 5.91 Å². The summed E-state index contributed by atoms with van der Waals surface area (Å²) in [5.41, 5.74) is 4.17. The molecule has 3 N–H and O–H groups in total. The Balaban J connectivity index is 3.08. The minimum Gasteiger partial charge on any atom is -0.480 e. The molecule has 15 heavy (non-hydrogen) atoms. The highest BCUT2D eigenvalue weighted by atomic mass is 35.5. The Morgan fingerprint density at radius 2 is 2.27 bits per heavy atom. The second kappa shape index (κ2) is 3.79. The largest absolute Gasteiger partial charge is 0.480 e. The summed E-state index contributed by atoms with van der Waals surface area (Å²) in [5, 5.41) is 8.83. The summed E-state index contributed by atoms with van der Waals surface area (Å²) in [6, 6.07) is -1.21. The summed E-state index contributed by atoms with van der Waals surface area (Å²) < 4.78 is 0. The van der Waals surface area contributed by atoms with Crippen molar-refractivity contribution in [2.45, 2.75) is 24.9 Å². The third-order valence-electron chi connectivity index (χ3n) is 2.38. The van der Waals surface area contributed by atoms with E-state index in [1.165, 1.54) is 0 Å². The van der Waals surface area contributed by atoms with Gasteiger partial charge in [-0.1, -0.05) is 0 Å². The van der Waals surface area contributed by atoms with Crippen molar-refractivity contribution in [1.29, 1.82) is 0 Å². The van der Waals surface area contributed by atoms with E-state index in [4.69, 9.17) is 22.4 Å². The SMILES string of the molecule is CC(=O)N1C(=O)C(N)(CCl)CC1C(=O)O. The average Bonchev–Trinajstić information content (AvgIpc) is 2.41. The minimum atomic E-state index is -1.45. The molecule has 2 atom stereocenters. The van der Waals surface area contributed by atoms with Gasteiger partial charge in [0.1, 0.15) is 11.6 Å². The Hall–Kier alpha value is -1.14. The zero-order valence-corrected chi connectivity index (χ0v) is 8.82. The van der Waals surface area contributed by atoms with Crippen LogP contribution in [-0.2, 0) is 14.4 Å². The van der Waals surface area contributed by atoms with Gasteiger partial charge < -0.3 is 10.8 Å². The topological polar surface area (TPSA) is 101 Å². The van der Waals surface area contributed by atoms with E-state index >= 15 is 0 Å². The Kier molecular flexibility index (Phi) is 3.01. The number of amides is 2. The number of halogens is 1. The number of carboxylic acids is 1. The van der Waals surface area contributed by atoms with Crippen LogP contribution in [0.25, 0.3) is 0 Å². The molecule has 1 rings (SSSR count). The number of nitrogens with zero attached hydrogens (tertiary/aromatic N) is 1. The molecule has 2 amide bonds. The zero-order chi connectivity index (χ0) is 11.8. The molecule has 7 heteroatoms. The fourth-order valence-electron chi connectivity index (χ4n) is 1.58. The van der Waals surface area contributed by atoms with Crippen molar-refractivity contribution in [3.05, 3.63) is 0 Å². The Bertz CT molecular complexity index is 333. The Morgan fingerprint density at radius 1 is 1.73 bits per heavy atom. The van der Waals surface area contributed by atoms with E-state index in [-0.39, 0.29) is 12.3 Å². The second-order valence-electron chi connectivity index (χ2n) is 3.54. The van der Waals surface area contributed by atoms with Gasteiger partial charge in [-0.15, -0.1) is 11.6 Å². The smallest absolute Gasteiger partial charge is 0.327 e. The number of rotatable bonds is 2. The molecule has 0 aromatic carbocycles. The quantitative estimate of drug-likeness (QED) is 0.607. The number of hydrogen-bond donors (Lipinski definition) is 2. The van der Waals surface area contributed by atoms with E-state index in [0.717, 1.165) is 6.92 Å². The van der Waals surface area contributed by atoms with E-state index in [0.29, 0.717) is 4.90 Å². The number of carboxylic acid groups (broad SMARTS) is 1. The predicted molar refractivity (Wildman–Crippen MR) is 51.2 cm³/mol. The number of imide groups is 1. The molecule has 0 aliphatic carbocycles. The van der Waals surface area contributed by atoms with Crippen LogP contribution in [0.1, 0.15) is 13.3 Å². The molecule has 1 heterocycles. The number of nitrogens with two attached hydrogens (primary N) is 1. The first-order valence-electron chi connectivity index (χ1n) is 4.25. The first-order valence-corrected chi connectivity index (χ1v) is 4.79. The maximum atomic E-state index is 11.6. The van der Waals surface area contributed by atoms with Crippen molar-refractivity contribution in [3.8, 4) is 0 Å². The fraction of sp³-hybridized carbons (Fsp3) is 0.625. The molecule has 0 saturated carbocycles. The normalized spacial score (nSPS) is 30.7. The predicted octanol–water partition coefficient (Wildman–Crippen LogP) is -0.845. The van der Waals surface area contributed by atoms with Crippen LogP contribution in [0, 0.1) is 0 Å². The van der Waals surface area contributed by atoms with Gasteiger partial charge in [0.05, 0.1) is 0 Å². The van der Waals surface area contributed by atoms with Crippen molar-refractivity contribution in [1.82, 2.24) is 4.90 Å². The number of likely N-dealkylation sites (tertiary alicyclic amines) is 1. The van der Waals surface area contributed by atoms with E-state index < -0.39 is 29.4 Å². The maximum Gasteiger partial charge on any atom is 0.327 e. The molecular formula is C8H11ClN2O4. The van der Waals surface area contributed by atoms with Crippen LogP contribution in [0.2, 0.25) is 0 Å². The summed E-state index contributed by atoms with van der Waals surface area (Å²) in [4.78, 5) is 34.2. The highest BCUT2D eigenvalue weighted by molar-refractivity contribution is 6.22. The monoisotopic (exact) mass is 234 g/mol. The molecule has 0 bridgehead atoms. The first-order chi connectivity index (χ1) is 6.83. The molecule has 1 aliphatic rings. The third kappa shape index (κ3) is 1.82. The number of alkyl halides is 1. The molecule has 0 radical (unpaired) electrons. The van der Waals surface area contributed by atoms with Crippen molar-refractivity contribution in [2.75, 3.05) is 5.88 Å². The Morgan fingerprint density at radius 3 is 2.53 bits per heavy atom. The van der Waals surface area contributed by atoms with Gasteiger partial charge in [0.25, 0.3) is 5.91 Å². The molecule has 2 unspecified atom stereocenters. The molecular weight excluding hydrogens is 224 g/mol. The van der Waals surface area contributed by atoms with E-state index in [2.05, 4.69) is 0 Å². The highest BCUT2D eigenvalue weighted by Crippen LogP contribution is 2.28. The summed E-state index contributed by atoms with van der Waals surface area (Å²) in [7, 11) is 0. The number of carbonyl (C=O) groups excluding carboxylic acids is 2. The average molecular weight is 235 g/mol. The molecule has 1 fully saturated rings. The van der Waals surface area contributed by atoms with Crippen LogP contribution in [0.5, 0.6) is 0 Å². The maximum absolute atomic E-state index is 11.6. The molecule has 1 aliphatic heterocycles. The number of hydrogen-bond acceptors (Lipinski definition) is 4. The van der Waals surface area contributed by atoms with E-state index in [1.807, 2.05) is 0 Å². The van der Waals surface area contributed by atoms with Crippen LogP contribution >= 0.6 is 11.6 Å². The molecule has 0 aromatic rings. The molecule has 0 aromatic heterocycles. The molecule has 84 valence electrons. The number of carbonyl (C=O) groups is 3. The van der Waals surface area contributed by atoms with Gasteiger partial charge in [-0.2, -0.15) is 0 Å². The van der Waals surface area contributed by atoms with Crippen molar-refractivity contribution in [3.63, 3.8) is 0 Å². The zero-order valence-electron chi connectivity index (χ0n) is 8.07. The summed E-state index contributed by atoms with van der Waals surface area (Å²) >= 11 is 5.51. The van der Waals surface area contributed by atoms with Crippen LogP contribution in [0.15, 0.2) is 0 Å². The van der Waals surface area contributed by atoms with Crippen molar-refractivity contribution in [2.24, 2.45) is 5.73 Å². The van der Waals surface area contributed by atoms with Crippen molar-refractivity contribution >= 4 is 29.4 Å². The molecule has 1 saturated heterocycles. The van der Waals surface area contributed by atoms with Gasteiger partial charge in [-0.25, -0.2) is 4.79 Å². The van der Waals surface area contributed by atoms with Gasteiger partial charge in [-0.3, -0.25) is 14.5 Å². The lowest BCUT2D eigenvalue weighted by molar-refractivity contribution is -0.153. The highest BCUT2D eigenvalue weighted by Gasteiger charge is 2.53. The van der Waals surface area contributed by atoms with Gasteiger partial charge in [0, 0.05) is 19.2 Å². The summed E-state index contributed by atoms with van der Waals surface area (Å²) in [6.45, 7) is 1.12. The van der Waals surface area contributed by atoms with Gasteiger partial charge >= 0.3 is 5.97 Å². The summed E-state index contributed by atoms with van der Waals surface area (Å²) in [5.74, 6) is -2.82. The van der Waals surface area contributed by atoms with Gasteiger partial charge in [0.15, 0.2) is 0 Å². The number of aliphatic carboxylic acids is 1. The van der Waals surface area contributed by atoms with E-state index in [9.17, 15) is 14.4 Å². The second-order valence-corrected chi connectivity index (χ2v) is 3.81. The third-order valence-corrected chi connectivity index (χ3v) is 2.85. The first kappa shape index (κ1) is 11.9. The standard InChI is InChI=1S/C8H11ClN2O4/c1-4(12)11-5(6(13)14)2-8(10,3-9)7(11)15/h5H,2-3,10H2,1H3,(H,13,14). The van der Waals surface area contributed by atoms with Gasteiger partial charge in [-0.05, 0) is 0 Å². The minimum absolute atomic E-state index is 0.149. The van der Waals surface area contributed by atoms with Crippen LogP contribution in [-0.4, -0.2) is 45.3 Å². The lowest BCUT2D eigenvalue weighted by Crippen LogP contribution is -2.50. The van der Waals surface area contributed by atoms with Crippen LogP contribution in [0.3, 0.4) is 0 Å². The Labute approximate surface area is 91.0 Å². The van der Waals surface area contributed by atoms with E-state index in [1.54, 1.807) is 0 Å². The van der Waals surface area contributed by atoms with Crippen LogP contribution in [0.4, 0.5) is 0 Å². The molecule has 6 nitrogen and oxygen atoms in total. The lowest BCUT2D eigenvalue weighted by atomic mass is 9.99. The molecule has 0 spiro atoms.